The van der Waals surface area contributed by atoms with E-state index in [9.17, 15) is 0 Å². The second-order valence-corrected chi connectivity index (χ2v) is 8.93. The fourth-order valence-electron chi connectivity index (χ4n) is 3.44. The first kappa shape index (κ1) is 18.1. The van der Waals surface area contributed by atoms with Crippen LogP contribution in [0, 0.1) is 0 Å². The number of anilines is 1. The van der Waals surface area contributed by atoms with Crippen LogP contribution in [0.1, 0.15) is 12.1 Å². The number of hydrogen-bond acceptors (Lipinski definition) is 7. The minimum atomic E-state index is 0.732. The molecular formula is C19H19ClN6S2. The van der Waals surface area contributed by atoms with E-state index in [2.05, 4.69) is 20.2 Å². The lowest BCUT2D eigenvalue weighted by atomic mass is 10.2. The first-order chi connectivity index (χ1) is 13.7. The third-order valence-electron chi connectivity index (χ3n) is 4.90. The van der Waals surface area contributed by atoms with Crippen molar-refractivity contribution in [1.29, 1.82) is 0 Å². The Bertz CT molecular complexity index is 1020. The Morgan fingerprint density at radius 2 is 1.96 bits per heavy atom. The monoisotopic (exact) mass is 430 g/mol. The van der Waals surface area contributed by atoms with Gasteiger partial charge >= 0.3 is 0 Å². The van der Waals surface area contributed by atoms with Gasteiger partial charge in [-0.2, -0.15) is 0 Å². The molecule has 0 unspecified atom stereocenters. The maximum Gasteiger partial charge on any atom is 0.214 e. The van der Waals surface area contributed by atoms with Gasteiger partial charge in [0.2, 0.25) is 10.1 Å². The summed E-state index contributed by atoms with van der Waals surface area (Å²) in [5.41, 5.74) is 5.05. The second-order valence-electron chi connectivity index (χ2n) is 6.84. The number of imidazole rings is 1. The molecule has 5 rings (SSSR count). The zero-order valence-corrected chi connectivity index (χ0v) is 17.6. The number of nitrogens with zero attached hydrogens (tertiary/aromatic N) is 6. The number of hydrogen-bond donors (Lipinski definition) is 0. The van der Waals surface area contributed by atoms with Gasteiger partial charge in [-0.3, -0.25) is 4.90 Å². The van der Waals surface area contributed by atoms with Crippen molar-refractivity contribution in [3.05, 3.63) is 52.1 Å². The topological polar surface area (TPSA) is 49.6 Å². The number of halogens is 1. The van der Waals surface area contributed by atoms with Gasteiger partial charge in [-0.25, -0.2) is 14.5 Å². The summed E-state index contributed by atoms with van der Waals surface area (Å²) in [4.78, 5) is 14.9. The fourth-order valence-corrected chi connectivity index (χ4v) is 5.05. The maximum absolute atomic E-state index is 5.98. The van der Waals surface area contributed by atoms with Crippen LogP contribution >= 0.6 is 34.3 Å². The van der Waals surface area contributed by atoms with Gasteiger partial charge < -0.3 is 4.90 Å². The van der Waals surface area contributed by atoms with Gasteiger partial charge in [-0.05, 0) is 18.6 Å². The Balaban J connectivity index is 1.29. The van der Waals surface area contributed by atoms with E-state index < -0.39 is 0 Å². The van der Waals surface area contributed by atoms with Crippen LogP contribution in [0.3, 0.4) is 0 Å². The highest BCUT2D eigenvalue weighted by atomic mass is 35.5. The molecule has 1 aliphatic rings. The predicted octanol–water partition coefficient (Wildman–Crippen LogP) is 4.28. The molecule has 0 saturated carbocycles. The van der Waals surface area contributed by atoms with Crippen LogP contribution in [0.5, 0.6) is 0 Å². The van der Waals surface area contributed by atoms with E-state index in [1.54, 1.807) is 22.7 Å². The van der Waals surface area contributed by atoms with Gasteiger partial charge in [-0.15, -0.1) is 16.4 Å². The van der Waals surface area contributed by atoms with E-state index >= 15 is 0 Å². The van der Waals surface area contributed by atoms with E-state index in [1.807, 2.05) is 40.5 Å². The zero-order chi connectivity index (χ0) is 18.9. The quantitative estimate of drug-likeness (QED) is 0.483. The molecule has 0 radical (unpaired) electrons. The summed E-state index contributed by atoms with van der Waals surface area (Å²) in [5, 5.41) is 8.70. The van der Waals surface area contributed by atoms with E-state index in [1.165, 1.54) is 5.69 Å². The summed E-state index contributed by atoms with van der Waals surface area (Å²) in [6.07, 6.45) is 3.12. The molecule has 0 bridgehead atoms. The minimum Gasteiger partial charge on any atom is -0.345 e. The standard InChI is InChI=1S/C19H19ClN6S2/c20-15-4-2-14(3-5-15)17-11-26-18(22-17)28-19(23-26)25-7-1-6-24(8-9-25)10-16-12-27-13-21-16/h2-5,11-13H,1,6-10H2. The molecule has 1 aliphatic heterocycles. The summed E-state index contributed by atoms with van der Waals surface area (Å²) in [5.74, 6) is 0. The number of fused-ring (bicyclic) bond motifs is 1. The van der Waals surface area contributed by atoms with Gasteiger partial charge in [0, 0.05) is 48.7 Å². The lowest BCUT2D eigenvalue weighted by molar-refractivity contribution is 0.282. The molecule has 1 aromatic carbocycles. The van der Waals surface area contributed by atoms with Crippen LogP contribution in [0.4, 0.5) is 5.13 Å². The Morgan fingerprint density at radius 1 is 1.07 bits per heavy atom. The summed E-state index contributed by atoms with van der Waals surface area (Å²) in [7, 11) is 0. The SMILES string of the molecule is Clc1ccc(-c2cn3nc(N4CCCN(Cc5cscn5)CC4)sc3n2)cc1. The smallest absolute Gasteiger partial charge is 0.214 e. The third-order valence-corrected chi connectivity index (χ3v) is 6.77. The average Bonchev–Trinajstić information content (AvgIpc) is 3.37. The van der Waals surface area contributed by atoms with Crippen molar-refractivity contribution in [3.8, 4) is 11.3 Å². The van der Waals surface area contributed by atoms with Crippen molar-refractivity contribution in [2.75, 3.05) is 31.1 Å². The lowest BCUT2D eigenvalue weighted by Gasteiger charge is -2.20. The van der Waals surface area contributed by atoms with Gasteiger partial charge in [0.25, 0.3) is 0 Å². The van der Waals surface area contributed by atoms with E-state index in [-0.39, 0.29) is 0 Å². The number of thiazole rings is 1. The zero-order valence-electron chi connectivity index (χ0n) is 15.2. The average molecular weight is 431 g/mol. The summed E-state index contributed by atoms with van der Waals surface area (Å²) in [6.45, 7) is 5.05. The van der Waals surface area contributed by atoms with Crippen LogP contribution in [0.25, 0.3) is 16.2 Å². The Labute approximate surface area is 176 Å². The highest BCUT2D eigenvalue weighted by molar-refractivity contribution is 7.20. The number of benzene rings is 1. The molecule has 1 fully saturated rings. The first-order valence-electron chi connectivity index (χ1n) is 9.21. The summed E-state index contributed by atoms with van der Waals surface area (Å²) < 4.78 is 1.89. The highest BCUT2D eigenvalue weighted by Gasteiger charge is 2.19. The Kier molecular flexibility index (Phi) is 5.02. The molecule has 4 aromatic rings. The molecule has 1 saturated heterocycles. The van der Waals surface area contributed by atoms with Gasteiger partial charge in [-0.1, -0.05) is 35.1 Å². The van der Waals surface area contributed by atoms with Crippen molar-refractivity contribution in [2.45, 2.75) is 13.0 Å². The summed E-state index contributed by atoms with van der Waals surface area (Å²) >= 11 is 9.29. The second kappa shape index (κ2) is 7.79. The van der Waals surface area contributed by atoms with Gasteiger partial charge in [0.15, 0.2) is 0 Å². The third kappa shape index (κ3) is 3.77. The van der Waals surface area contributed by atoms with Crippen LogP contribution in [-0.4, -0.2) is 50.7 Å². The molecule has 0 atom stereocenters. The molecule has 28 heavy (non-hydrogen) atoms. The predicted molar refractivity (Wildman–Crippen MR) is 116 cm³/mol. The van der Waals surface area contributed by atoms with E-state index in [4.69, 9.17) is 21.7 Å². The van der Waals surface area contributed by atoms with Crippen LogP contribution in [-0.2, 0) is 6.54 Å². The van der Waals surface area contributed by atoms with Crippen LogP contribution in [0.2, 0.25) is 5.02 Å². The van der Waals surface area contributed by atoms with Crippen molar-refractivity contribution < 1.29 is 0 Å². The highest BCUT2D eigenvalue weighted by Crippen LogP contribution is 2.28. The molecule has 6 nitrogen and oxygen atoms in total. The molecule has 3 aromatic heterocycles. The maximum atomic E-state index is 5.98. The van der Waals surface area contributed by atoms with Crippen LogP contribution < -0.4 is 4.90 Å². The Morgan fingerprint density at radius 3 is 2.75 bits per heavy atom. The lowest BCUT2D eigenvalue weighted by Crippen LogP contribution is -2.30. The van der Waals surface area contributed by atoms with E-state index in [0.717, 1.165) is 65.5 Å². The molecule has 0 amide bonds. The molecule has 4 heterocycles. The van der Waals surface area contributed by atoms with E-state index in [0.29, 0.717) is 0 Å². The first-order valence-corrected chi connectivity index (χ1v) is 11.3. The van der Waals surface area contributed by atoms with Crippen molar-refractivity contribution in [2.24, 2.45) is 0 Å². The van der Waals surface area contributed by atoms with Gasteiger partial charge in [0.05, 0.1) is 23.1 Å². The number of rotatable bonds is 4. The molecule has 9 heteroatoms. The fraction of sp³-hybridized carbons (Fsp3) is 0.316. The largest absolute Gasteiger partial charge is 0.345 e. The van der Waals surface area contributed by atoms with Crippen molar-refractivity contribution in [3.63, 3.8) is 0 Å². The normalized spacial score (nSPS) is 16.0. The number of aromatic nitrogens is 4. The molecule has 0 N–H and O–H groups in total. The Hall–Kier alpha value is -2.00. The molecule has 144 valence electrons. The summed E-state index contributed by atoms with van der Waals surface area (Å²) in [6, 6.07) is 7.75. The molecule has 0 aliphatic carbocycles. The molecular weight excluding hydrogens is 412 g/mol. The minimum absolute atomic E-state index is 0.732. The van der Waals surface area contributed by atoms with Crippen molar-refractivity contribution >= 4 is 44.4 Å². The molecule has 0 spiro atoms. The van der Waals surface area contributed by atoms with Crippen molar-refractivity contribution in [1.82, 2.24) is 24.5 Å². The van der Waals surface area contributed by atoms with Gasteiger partial charge in [0.1, 0.15) is 0 Å². The van der Waals surface area contributed by atoms with Crippen LogP contribution in [0.15, 0.2) is 41.4 Å².